The van der Waals surface area contributed by atoms with Crippen LogP contribution in [0.3, 0.4) is 0 Å². The first-order valence-corrected chi connectivity index (χ1v) is 7.07. The number of carbonyl (C=O) groups excluding carboxylic acids is 1. The van der Waals surface area contributed by atoms with Crippen LogP contribution in [-0.2, 0) is 11.2 Å². The van der Waals surface area contributed by atoms with Gasteiger partial charge in [0, 0.05) is 0 Å². The lowest BCUT2D eigenvalue weighted by Crippen LogP contribution is -2.52. The Labute approximate surface area is 125 Å². The second kappa shape index (κ2) is 6.95. The Morgan fingerprint density at radius 1 is 1.30 bits per heavy atom. The average Bonchev–Trinajstić information content (AvgIpc) is 2.48. The molecule has 110 valence electrons. The van der Waals surface area contributed by atoms with Gasteiger partial charge in [-0.2, -0.15) is 0 Å². The zero-order chi connectivity index (χ0) is 13.1. The number of ether oxygens (including phenoxy) is 1. The van der Waals surface area contributed by atoms with Gasteiger partial charge in [0.1, 0.15) is 12.4 Å². The maximum Gasteiger partial charge on any atom is 0.237 e. The highest BCUT2D eigenvalue weighted by Crippen LogP contribution is 2.24. The van der Waals surface area contributed by atoms with Crippen LogP contribution < -0.4 is 15.4 Å². The molecular formula is C15H21ClN2O2. The summed E-state index contributed by atoms with van der Waals surface area (Å²) in [4.78, 5) is 12.1. The maximum atomic E-state index is 12.1. The van der Waals surface area contributed by atoms with E-state index in [2.05, 4.69) is 16.7 Å². The van der Waals surface area contributed by atoms with E-state index in [1.807, 2.05) is 18.2 Å². The lowest BCUT2D eigenvalue weighted by atomic mass is 10.0. The van der Waals surface area contributed by atoms with Gasteiger partial charge < -0.3 is 15.4 Å². The predicted molar refractivity (Wildman–Crippen MR) is 80.5 cm³/mol. The number of carbonyl (C=O) groups is 1. The Balaban J connectivity index is 0.00000147. The van der Waals surface area contributed by atoms with Crippen LogP contribution >= 0.6 is 12.4 Å². The van der Waals surface area contributed by atoms with Crippen LogP contribution in [0.1, 0.15) is 24.8 Å². The Kier molecular flexibility index (Phi) is 5.26. The molecule has 2 heterocycles. The number of nitrogens with one attached hydrogen (secondary N) is 2. The summed E-state index contributed by atoms with van der Waals surface area (Å²) < 4.78 is 5.69. The molecule has 0 aromatic heterocycles. The van der Waals surface area contributed by atoms with Gasteiger partial charge >= 0.3 is 0 Å². The molecule has 0 bridgehead atoms. The van der Waals surface area contributed by atoms with Crippen LogP contribution in [0, 0.1) is 0 Å². The monoisotopic (exact) mass is 296 g/mol. The van der Waals surface area contributed by atoms with Crippen molar-refractivity contribution in [2.45, 2.75) is 37.8 Å². The van der Waals surface area contributed by atoms with Crippen LogP contribution in [0.2, 0.25) is 0 Å². The molecule has 2 aliphatic rings. The number of halogens is 1. The molecule has 2 aliphatic heterocycles. The molecule has 2 N–H and O–H groups in total. The third-order valence-corrected chi connectivity index (χ3v) is 3.85. The first-order valence-electron chi connectivity index (χ1n) is 7.07. The van der Waals surface area contributed by atoms with Gasteiger partial charge in [0.15, 0.2) is 0 Å². The molecule has 0 spiro atoms. The lowest BCUT2D eigenvalue weighted by Gasteiger charge is -2.29. The summed E-state index contributed by atoms with van der Waals surface area (Å²) in [6.07, 6.45) is 4.10. The normalized spacial score (nSPS) is 24.8. The zero-order valence-corrected chi connectivity index (χ0v) is 12.2. The topological polar surface area (TPSA) is 50.4 Å². The van der Waals surface area contributed by atoms with Gasteiger partial charge in [-0.15, -0.1) is 12.4 Å². The van der Waals surface area contributed by atoms with Crippen molar-refractivity contribution in [2.75, 3.05) is 13.2 Å². The van der Waals surface area contributed by atoms with Crippen molar-refractivity contribution in [3.05, 3.63) is 29.8 Å². The Morgan fingerprint density at radius 2 is 2.15 bits per heavy atom. The standard InChI is InChI=1S/C15H20N2O2.ClH/c18-15(13-6-3-4-8-16-13)17-12-9-11-5-1-2-7-14(11)19-10-12;/h1-2,5,7,12-13,16H,3-4,6,8-10H2,(H,17,18);1H/t12?,13-;/m1./s1. The smallest absolute Gasteiger partial charge is 0.237 e. The molecule has 1 saturated heterocycles. The molecule has 1 fully saturated rings. The number of piperidine rings is 1. The Hall–Kier alpha value is -1.26. The van der Waals surface area contributed by atoms with E-state index in [0.717, 1.165) is 31.6 Å². The highest BCUT2D eigenvalue weighted by Gasteiger charge is 2.25. The van der Waals surface area contributed by atoms with Crippen molar-refractivity contribution < 1.29 is 9.53 Å². The highest BCUT2D eigenvalue weighted by atomic mass is 35.5. The van der Waals surface area contributed by atoms with E-state index in [1.54, 1.807) is 0 Å². The van der Waals surface area contributed by atoms with Gasteiger partial charge in [0.25, 0.3) is 0 Å². The molecule has 20 heavy (non-hydrogen) atoms. The molecule has 0 saturated carbocycles. The molecule has 2 atom stereocenters. The summed E-state index contributed by atoms with van der Waals surface area (Å²) in [5, 5.41) is 6.38. The summed E-state index contributed by atoms with van der Waals surface area (Å²) in [6, 6.07) is 8.10. The Morgan fingerprint density at radius 3 is 2.95 bits per heavy atom. The summed E-state index contributed by atoms with van der Waals surface area (Å²) in [5.41, 5.74) is 1.18. The summed E-state index contributed by atoms with van der Waals surface area (Å²) in [7, 11) is 0. The molecule has 1 aromatic rings. The minimum Gasteiger partial charge on any atom is -0.491 e. The van der Waals surface area contributed by atoms with Crippen molar-refractivity contribution in [2.24, 2.45) is 0 Å². The SMILES string of the molecule is Cl.O=C(NC1COc2ccccc2C1)[C@H]1CCCCN1. The van der Waals surface area contributed by atoms with E-state index < -0.39 is 0 Å². The fraction of sp³-hybridized carbons (Fsp3) is 0.533. The maximum absolute atomic E-state index is 12.1. The molecule has 4 nitrogen and oxygen atoms in total. The summed E-state index contributed by atoms with van der Waals surface area (Å²) in [5.74, 6) is 1.07. The van der Waals surface area contributed by atoms with Crippen molar-refractivity contribution in [3.8, 4) is 5.75 Å². The van der Waals surface area contributed by atoms with E-state index >= 15 is 0 Å². The molecule has 0 aliphatic carbocycles. The molecule has 1 aromatic carbocycles. The molecule has 1 unspecified atom stereocenters. The fourth-order valence-corrected chi connectivity index (χ4v) is 2.80. The lowest BCUT2D eigenvalue weighted by molar-refractivity contribution is -0.124. The van der Waals surface area contributed by atoms with Gasteiger partial charge in [0.05, 0.1) is 12.1 Å². The van der Waals surface area contributed by atoms with E-state index in [-0.39, 0.29) is 30.4 Å². The van der Waals surface area contributed by atoms with Crippen molar-refractivity contribution in [1.29, 1.82) is 0 Å². The van der Waals surface area contributed by atoms with Crippen LogP contribution in [0.5, 0.6) is 5.75 Å². The van der Waals surface area contributed by atoms with Crippen LogP contribution in [0.25, 0.3) is 0 Å². The van der Waals surface area contributed by atoms with Gasteiger partial charge in [-0.1, -0.05) is 24.6 Å². The number of rotatable bonds is 2. The van der Waals surface area contributed by atoms with Crippen LogP contribution in [-0.4, -0.2) is 31.1 Å². The quantitative estimate of drug-likeness (QED) is 0.873. The van der Waals surface area contributed by atoms with E-state index in [0.29, 0.717) is 6.61 Å². The molecule has 1 amide bonds. The van der Waals surface area contributed by atoms with Crippen LogP contribution in [0.15, 0.2) is 24.3 Å². The van der Waals surface area contributed by atoms with E-state index in [1.165, 1.54) is 12.0 Å². The number of hydrogen-bond donors (Lipinski definition) is 2. The van der Waals surface area contributed by atoms with Crippen molar-refractivity contribution in [3.63, 3.8) is 0 Å². The zero-order valence-electron chi connectivity index (χ0n) is 11.4. The van der Waals surface area contributed by atoms with Crippen molar-refractivity contribution in [1.82, 2.24) is 10.6 Å². The molecule has 5 heteroatoms. The minimum absolute atomic E-state index is 0. The second-order valence-corrected chi connectivity index (χ2v) is 5.33. The first-order chi connectivity index (χ1) is 9.33. The Bertz CT molecular complexity index is 461. The van der Waals surface area contributed by atoms with Gasteiger partial charge in [-0.25, -0.2) is 0 Å². The van der Waals surface area contributed by atoms with Gasteiger partial charge in [-0.3, -0.25) is 4.79 Å². The first kappa shape index (κ1) is 15.1. The second-order valence-electron chi connectivity index (χ2n) is 5.33. The third kappa shape index (κ3) is 3.44. The van der Waals surface area contributed by atoms with Gasteiger partial charge in [0.2, 0.25) is 5.91 Å². The molecule has 0 radical (unpaired) electrons. The summed E-state index contributed by atoms with van der Waals surface area (Å²) in [6.45, 7) is 1.51. The van der Waals surface area contributed by atoms with Crippen LogP contribution in [0.4, 0.5) is 0 Å². The number of benzene rings is 1. The number of para-hydroxylation sites is 1. The fourth-order valence-electron chi connectivity index (χ4n) is 2.80. The van der Waals surface area contributed by atoms with E-state index in [4.69, 9.17) is 4.74 Å². The number of amides is 1. The van der Waals surface area contributed by atoms with E-state index in [9.17, 15) is 4.79 Å². The highest BCUT2D eigenvalue weighted by molar-refractivity contribution is 5.85. The molecular weight excluding hydrogens is 276 g/mol. The number of fused-ring (bicyclic) bond motifs is 1. The third-order valence-electron chi connectivity index (χ3n) is 3.85. The average molecular weight is 297 g/mol. The minimum atomic E-state index is -0.0223. The van der Waals surface area contributed by atoms with Crippen molar-refractivity contribution >= 4 is 18.3 Å². The largest absolute Gasteiger partial charge is 0.491 e. The number of hydrogen-bond acceptors (Lipinski definition) is 3. The van der Waals surface area contributed by atoms with Gasteiger partial charge in [-0.05, 0) is 37.4 Å². The summed E-state index contributed by atoms with van der Waals surface area (Å²) >= 11 is 0. The predicted octanol–water partition coefficient (Wildman–Crippen LogP) is 1.67. The molecule has 3 rings (SSSR count).